The van der Waals surface area contributed by atoms with E-state index >= 15 is 0 Å². The van der Waals surface area contributed by atoms with Gasteiger partial charge in [-0.15, -0.1) is 0 Å². The van der Waals surface area contributed by atoms with E-state index in [0.29, 0.717) is 22.8 Å². The summed E-state index contributed by atoms with van der Waals surface area (Å²) < 4.78 is 10.5. The van der Waals surface area contributed by atoms with Gasteiger partial charge in [0.25, 0.3) is 0 Å². The summed E-state index contributed by atoms with van der Waals surface area (Å²) >= 11 is 0. The molecular weight excluding hydrogens is 268 g/mol. The van der Waals surface area contributed by atoms with Gasteiger partial charge in [0, 0.05) is 17.2 Å². The molecule has 2 aromatic carbocycles. The molecule has 0 amide bonds. The highest BCUT2D eigenvalue weighted by atomic mass is 16.5. The molecule has 0 atom stereocenters. The van der Waals surface area contributed by atoms with Crippen LogP contribution in [0.25, 0.3) is 0 Å². The van der Waals surface area contributed by atoms with Gasteiger partial charge in [-0.05, 0) is 42.8 Å². The topological polar surface area (TPSA) is 56.9 Å². The molecule has 0 N–H and O–H groups in total. The Hall–Kier alpha value is -2.56. The Morgan fingerprint density at radius 1 is 1.00 bits per heavy atom. The molecule has 0 saturated heterocycles. The number of ether oxygens (including phenoxy) is 2. The molecule has 0 aromatic heterocycles. The van der Waals surface area contributed by atoms with E-state index in [2.05, 4.69) is 5.11 Å². The Balaban J connectivity index is 2.10. The maximum Gasteiger partial charge on any atom is 0.245 e. The van der Waals surface area contributed by atoms with Crippen LogP contribution < -0.4 is 9.47 Å². The average molecular weight is 286 g/mol. The first-order valence-corrected chi connectivity index (χ1v) is 6.78. The van der Waals surface area contributed by atoms with E-state index in [1.807, 2.05) is 6.92 Å². The van der Waals surface area contributed by atoms with E-state index in [1.54, 1.807) is 55.6 Å². The summed E-state index contributed by atoms with van der Waals surface area (Å²) in [7, 11) is 1.59. The van der Waals surface area contributed by atoms with Gasteiger partial charge in [-0.2, -0.15) is 0 Å². The van der Waals surface area contributed by atoms with E-state index in [4.69, 9.17) is 9.47 Å². The molecule has 0 radical (unpaired) electrons. The standard InChI is InChI=1S/C16H18N2O3/c1-3-12-21-16-10-6-14(7-11-16)18(19)17-13-4-8-15(20-2)9-5-13/h4-11H,3,12H2,1-2H3. The molecule has 0 fully saturated rings. The fraction of sp³-hybridized carbons (Fsp3) is 0.250. The second-order valence-corrected chi connectivity index (χ2v) is 4.41. The first kappa shape index (κ1) is 14.8. The maximum atomic E-state index is 12.0. The molecule has 110 valence electrons. The number of nitrogens with zero attached hydrogens (tertiary/aromatic N) is 2. The van der Waals surface area contributed by atoms with Crippen LogP contribution >= 0.6 is 0 Å². The molecule has 0 aliphatic carbocycles. The lowest BCUT2D eigenvalue weighted by Crippen LogP contribution is -1.95. The van der Waals surface area contributed by atoms with Crippen molar-refractivity contribution in [1.82, 2.24) is 0 Å². The van der Waals surface area contributed by atoms with Gasteiger partial charge in [-0.1, -0.05) is 11.8 Å². The van der Waals surface area contributed by atoms with Gasteiger partial charge in [-0.25, -0.2) is 0 Å². The summed E-state index contributed by atoms with van der Waals surface area (Å²) in [5, 5.41) is 15.9. The van der Waals surface area contributed by atoms with Crippen LogP contribution in [0.2, 0.25) is 0 Å². The Kier molecular flexibility index (Phi) is 5.15. The van der Waals surface area contributed by atoms with Crippen molar-refractivity contribution in [3.8, 4) is 11.5 Å². The number of methoxy groups -OCH3 is 1. The number of hydrogen-bond donors (Lipinski definition) is 0. The lowest BCUT2D eigenvalue weighted by Gasteiger charge is -2.04. The minimum atomic E-state index is 0.453. The lowest BCUT2D eigenvalue weighted by molar-refractivity contribution is -0.435. The lowest BCUT2D eigenvalue weighted by atomic mass is 10.3. The zero-order valence-corrected chi connectivity index (χ0v) is 12.2. The van der Waals surface area contributed by atoms with Gasteiger partial charge >= 0.3 is 0 Å². The second kappa shape index (κ2) is 7.28. The van der Waals surface area contributed by atoms with Crippen LogP contribution in [0.5, 0.6) is 11.5 Å². The molecule has 0 bridgehead atoms. The van der Waals surface area contributed by atoms with E-state index in [1.165, 1.54) is 0 Å². The molecule has 0 aliphatic heterocycles. The first-order valence-electron chi connectivity index (χ1n) is 6.78. The van der Waals surface area contributed by atoms with Crippen molar-refractivity contribution >= 4 is 11.4 Å². The quantitative estimate of drug-likeness (QED) is 0.449. The van der Waals surface area contributed by atoms with Gasteiger partial charge in [0.2, 0.25) is 5.69 Å². The van der Waals surface area contributed by atoms with Gasteiger partial charge in [0.15, 0.2) is 0 Å². The van der Waals surface area contributed by atoms with E-state index in [-0.39, 0.29) is 0 Å². The van der Waals surface area contributed by atoms with Crippen LogP contribution in [0.3, 0.4) is 0 Å². The van der Waals surface area contributed by atoms with Gasteiger partial charge in [-0.3, -0.25) is 0 Å². The highest BCUT2D eigenvalue weighted by Crippen LogP contribution is 2.22. The minimum Gasteiger partial charge on any atom is -0.594 e. The van der Waals surface area contributed by atoms with Gasteiger partial charge in [0.05, 0.1) is 13.7 Å². The SMILES string of the molecule is CCCOc1ccc([N+]([O-])=Nc2ccc(OC)cc2)cc1. The van der Waals surface area contributed by atoms with E-state index in [9.17, 15) is 5.21 Å². The molecule has 0 unspecified atom stereocenters. The molecule has 5 heteroatoms. The summed E-state index contributed by atoms with van der Waals surface area (Å²) in [6.07, 6.45) is 0.947. The van der Waals surface area contributed by atoms with Crippen molar-refractivity contribution in [2.45, 2.75) is 13.3 Å². The highest BCUT2D eigenvalue weighted by molar-refractivity contribution is 5.41. The molecule has 0 heterocycles. The zero-order chi connectivity index (χ0) is 15.1. The zero-order valence-electron chi connectivity index (χ0n) is 12.2. The first-order chi connectivity index (χ1) is 10.2. The fourth-order valence-corrected chi connectivity index (χ4v) is 1.70. The van der Waals surface area contributed by atoms with Crippen LogP contribution in [0.1, 0.15) is 13.3 Å². The molecule has 2 rings (SSSR count). The minimum absolute atomic E-state index is 0.453. The third-order valence-electron chi connectivity index (χ3n) is 2.81. The predicted octanol–water partition coefficient (Wildman–Crippen LogP) is 4.41. The van der Waals surface area contributed by atoms with E-state index in [0.717, 1.165) is 17.9 Å². The molecule has 5 nitrogen and oxygen atoms in total. The highest BCUT2D eigenvalue weighted by Gasteiger charge is 2.05. The summed E-state index contributed by atoms with van der Waals surface area (Å²) in [5.41, 5.74) is 1.02. The van der Waals surface area contributed by atoms with Crippen molar-refractivity contribution < 1.29 is 14.3 Å². The van der Waals surface area contributed by atoms with Gasteiger partial charge < -0.3 is 14.7 Å². The van der Waals surface area contributed by atoms with E-state index < -0.39 is 0 Å². The van der Waals surface area contributed by atoms with Crippen molar-refractivity contribution in [3.05, 3.63) is 53.7 Å². The fourth-order valence-electron chi connectivity index (χ4n) is 1.70. The Bertz CT molecular complexity index is 592. The molecule has 2 aromatic rings. The summed E-state index contributed by atoms with van der Waals surface area (Å²) in [6.45, 7) is 2.71. The third kappa shape index (κ3) is 4.21. The number of benzene rings is 2. The predicted molar refractivity (Wildman–Crippen MR) is 80.6 cm³/mol. The van der Waals surface area contributed by atoms with Crippen molar-refractivity contribution in [2.75, 3.05) is 13.7 Å². The average Bonchev–Trinajstić information content (AvgIpc) is 2.54. The Morgan fingerprint density at radius 3 is 2.19 bits per heavy atom. The smallest absolute Gasteiger partial charge is 0.245 e. The molecule has 0 saturated carbocycles. The summed E-state index contributed by atoms with van der Waals surface area (Å²) in [5.74, 6) is 1.47. The number of hydrogen-bond acceptors (Lipinski definition) is 4. The Labute approximate surface area is 124 Å². The van der Waals surface area contributed by atoms with Crippen LogP contribution in [0.15, 0.2) is 53.6 Å². The van der Waals surface area contributed by atoms with Gasteiger partial charge in [0.1, 0.15) is 17.2 Å². The van der Waals surface area contributed by atoms with Crippen LogP contribution in [0.4, 0.5) is 11.4 Å². The van der Waals surface area contributed by atoms with Crippen molar-refractivity contribution in [1.29, 1.82) is 0 Å². The van der Waals surface area contributed by atoms with Crippen LogP contribution in [-0.2, 0) is 0 Å². The largest absolute Gasteiger partial charge is 0.594 e. The monoisotopic (exact) mass is 286 g/mol. The normalized spacial score (nSPS) is 11.2. The number of azo groups is 1. The van der Waals surface area contributed by atoms with Crippen molar-refractivity contribution in [3.63, 3.8) is 0 Å². The molecule has 0 spiro atoms. The van der Waals surface area contributed by atoms with Crippen LogP contribution in [0, 0.1) is 5.21 Å². The molecule has 21 heavy (non-hydrogen) atoms. The summed E-state index contributed by atoms with van der Waals surface area (Å²) in [4.78, 5) is 0.589. The second-order valence-electron chi connectivity index (χ2n) is 4.41. The van der Waals surface area contributed by atoms with Crippen LogP contribution in [-0.4, -0.2) is 18.6 Å². The Morgan fingerprint density at radius 2 is 1.62 bits per heavy atom. The van der Waals surface area contributed by atoms with Crippen molar-refractivity contribution in [2.24, 2.45) is 5.11 Å². The third-order valence-corrected chi connectivity index (χ3v) is 2.81. The molecular formula is C16H18N2O3. The molecule has 0 aliphatic rings. The summed E-state index contributed by atoms with van der Waals surface area (Å²) in [6, 6.07) is 13.9. The number of rotatable bonds is 6. The maximum absolute atomic E-state index is 12.0.